The number of benzene rings is 1. The summed E-state index contributed by atoms with van der Waals surface area (Å²) in [6.45, 7) is 8.03. The fourth-order valence-electron chi connectivity index (χ4n) is 1.68. The molecule has 6 heteroatoms. The summed E-state index contributed by atoms with van der Waals surface area (Å²) in [6, 6.07) is 9.73. The highest BCUT2D eigenvalue weighted by Gasteiger charge is 2.24. The van der Waals surface area contributed by atoms with E-state index in [4.69, 9.17) is 10.5 Å². The van der Waals surface area contributed by atoms with Crippen molar-refractivity contribution in [3.8, 4) is 5.75 Å². The average Bonchev–Trinajstić information content (AvgIpc) is 2.53. The van der Waals surface area contributed by atoms with Crippen LogP contribution in [-0.4, -0.2) is 38.1 Å². The molecule has 1 aromatic carbocycles. The standard InChI is InChI=1S/C17H28N4O2/c1-4-19-16(21-13-17(2,3)15(18)22)20-11-8-12-23-14-9-6-5-7-10-14/h5-7,9-10H,4,8,11-13H2,1-3H3,(H2,18,22)(H2,19,20,21). The molecule has 0 heterocycles. The van der Waals surface area contributed by atoms with Gasteiger partial charge in [0.15, 0.2) is 5.96 Å². The van der Waals surface area contributed by atoms with Crippen LogP contribution in [-0.2, 0) is 4.79 Å². The van der Waals surface area contributed by atoms with Gasteiger partial charge >= 0.3 is 0 Å². The molecule has 0 saturated heterocycles. The van der Waals surface area contributed by atoms with Crippen molar-refractivity contribution in [1.82, 2.24) is 10.6 Å². The van der Waals surface area contributed by atoms with Gasteiger partial charge in [-0.15, -0.1) is 0 Å². The molecule has 0 atom stereocenters. The van der Waals surface area contributed by atoms with Crippen molar-refractivity contribution in [3.05, 3.63) is 30.3 Å². The third-order valence-electron chi connectivity index (χ3n) is 3.27. The van der Waals surface area contributed by atoms with Crippen molar-refractivity contribution in [1.29, 1.82) is 0 Å². The van der Waals surface area contributed by atoms with E-state index in [1.165, 1.54) is 0 Å². The molecule has 1 amide bonds. The van der Waals surface area contributed by atoms with Gasteiger partial charge in [0.05, 0.1) is 18.6 Å². The first-order chi connectivity index (χ1) is 11.0. The van der Waals surface area contributed by atoms with E-state index in [9.17, 15) is 4.79 Å². The lowest BCUT2D eigenvalue weighted by Gasteiger charge is -2.19. The number of carbonyl (C=O) groups is 1. The SMILES string of the molecule is CCNC(=NCC(C)(C)C(N)=O)NCCCOc1ccccc1. The van der Waals surface area contributed by atoms with E-state index in [-0.39, 0.29) is 5.91 Å². The molecule has 6 nitrogen and oxygen atoms in total. The van der Waals surface area contributed by atoms with E-state index in [0.717, 1.165) is 25.3 Å². The normalized spacial score (nSPS) is 11.9. The van der Waals surface area contributed by atoms with Gasteiger partial charge in [-0.25, -0.2) is 0 Å². The molecule has 0 aliphatic rings. The predicted octanol–water partition coefficient (Wildman–Crippen LogP) is 1.52. The smallest absolute Gasteiger partial charge is 0.224 e. The topological polar surface area (TPSA) is 88.7 Å². The molecule has 128 valence electrons. The number of nitrogens with zero attached hydrogens (tertiary/aromatic N) is 1. The Morgan fingerprint density at radius 3 is 2.57 bits per heavy atom. The number of carbonyl (C=O) groups excluding carboxylic acids is 1. The van der Waals surface area contributed by atoms with Crippen LogP contribution >= 0.6 is 0 Å². The average molecular weight is 320 g/mol. The van der Waals surface area contributed by atoms with Gasteiger partial charge in [0.1, 0.15) is 5.75 Å². The van der Waals surface area contributed by atoms with Gasteiger partial charge in [0.25, 0.3) is 0 Å². The number of rotatable bonds is 9. The molecule has 0 aromatic heterocycles. The van der Waals surface area contributed by atoms with Crippen molar-refractivity contribution >= 4 is 11.9 Å². The summed E-state index contributed by atoms with van der Waals surface area (Å²) in [5.41, 5.74) is 4.71. The highest BCUT2D eigenvalue weighted by molar-refractivity contribution is 5.82. The van der Waals surface area contributed by atoms with Gasteiger partial charge in [-0.2, -0.15) is 0 Å². The van der Waals surface area contributed by atoms with Crippen molar-refractivity contribution in [3.63, 3.8) is 0 Å². The molecule has 0 aliphatic carbocycles. The summed E-state index contributed by atoms with van der Waals surface area (Å²) in [6.07, 6.45) is 0.846. The third-order valence-corrected chi connectivity index (χ3v) is 3.27. The number of nitrogens with one attached hydrogen (secondary N) is 2. The summed E-state index contributed by atoms with van der Waals surface area (Å²) >= 11 is 0. The Hall–Kier alpha value is -2.24. The van der Waals surface area contributed by atoms with E-state index >= 15 is 0 Å². The summed E-state index contributed by atoms with van der Waals surface area (Å²) < 4.78 is 5.63. The number of primary amides is 1. The van der Waals surface area contributed by atoms with E-state index in [2.05, 4.69) is 15.6 Å². The number of aliphatic imine (C=N–C) groups is 1. The van der Waals surface area contributed by atoms with Crippen LogP contribution in [0.25, 0.3) is 0 Å². The van der Waals surface area contributed by atoms with Crippen LogP contribution in [0, 0.1) is 5.41 Å². The molecule has 23 heavy (non-hydrogen) atoms. The largest absolute Gasteiger partial charge is 0.494 e. The predicted molar refractivity (Wildman–Crippen MR) is 93.5 cm³/mol. The third kappa shape index (κ3) is 7.54. The first-order valence-electron chi connectivity index (χ1n) is 7.95. The van der Waals surface area contributed by atoms with Crippen LogP contribution in [0.3, 0.4) is 0 Å². The van der Waals surface area contributed by atoms with E-state index in [1.54, 1.807) is 13.8 Å². The van der Waals surface area contributed by atoms with Crippen molar-refractivity contribution in [2.75, 3.05) is 26.2 Å². The van der Waals surface area contributed by atoms with Gasteiger partial charge in [-0.3, -0.25) is 9.79 Å². The summed E-state index contributed by atoms with van der Waals surface area (Å²) in [4.78, 5) is 15.7. The first kappa shape index (κ1) is 18.8. The van der Waals surface area contributed by atoms with Crippen LogP contribution in [0.1, 0.15) is 27.2 Å². The van der Waals surface area contributed by atoms with E-state index < -0.39 is 5.41 Å². The second kappa shape index (κ2) is 9.71. The van der Waals surface area contributed by atoms with Gasteiger partial charge < -0.3 is 21.1 Å². The van der Waals surface area contributed by atoms with Crippen LogP contribution in [0.4, 0.5) is 0 Å². The maximum atomic E-state index is 11.3. The number of hydrogen-bond donors (Lipinski definition) is 3. The Balaban J connectivity index is 2.34. The van der Waals surface area contributed by atoms with Crippen LogP contribution in [0.2, 0.25) is 0 Å². The molecule has 0 aliphatic heterocycles. The molecule has 0 saturated carbocycles. The van der Waals surface area contributed by atoms with Crippen LogP contribution in [0.5, 0.6) is 5.75 Å². The van der Waals surface area contributed by atoms with E-state index in [0.29, 0.717) is 19.1 Å². The van der Waals surface area contributed by atoms with Gasteiger partial charge in [-0.1, -0.05) is 18.2 Å². The lowest BCUT2D eigenvalue weighted by atomic mass is 9.93. The molecule has 0 radical (unpaired) electrons. The lowest BCUT2D eigenvalue weighted by molar-refractivity contribution is -0.125. The summed E-state index contributed by atoms with van der Waals surface area (Å²) in [7, 11) is 0. The zero-order valence-electron chi connectivity index (χ0n) is 14.3. The zero-order chi connectivity index (χ0) is 17.1. The number of ether oxygens (including phenoxy) is 1. The molecule has 4 N–H and O–H groups in total. The fourth-order valence-corrected chi connectivity index (χ4v) is 1.68. The number of guanidine groups is 1. The maximum absolute atomic E-state index is 11.3. The Bertz CT molecular complexity index is 501. The highest BCUT2D eigenvalue weighted by atomic mass is 16.5. The number of amides is 1. The number of hydrogen-bond acceptors (Lipinski definition) is 3. The second-order valence-electron chi connectivity index (χ2n) is 5.89. The molecule has 0 fully saturated rings. The van der Waals surface area contributed by atoms with Crippen LogP contribution in [0.15, 0.2) is 35.3 Å². The molecular weight excluding hydrogens is 292 g/mol. The molecule has 0 unspecified atom stereocenters. The minimum absolute atomic E-state index is 0.345. The maximum Gasteiger partial charge on any atom is 0.224 e. The second-order valence-corrected chi connectivity index (χ2v) is 5.89. The fraction of sp³-hybridized carbons (Fsp3) is 0.529. The Morgan fingerprint density at radius 2 is 1.96 bits per heavy atom. The Morgan fingerprint density at radius 1 is 1.26 bits per heavy atom. The highest BCUT2D eigenvalue weighted by Crippen LogP contribution is 2.13. The Labute approximate surface area is 138 Å². The molecule has 1 rings (SSSR count). The summed E-state index contributed by atoms with van der Waals surface area (Å²) in [5.74, 6) is 1.20. The van der Waals surface area contributed by atoms with Crippen molar-refractivity contribution in [2.24, 2.45) is 16.1 Å². The lowest BCUT2D eigenvalue weighted by Crippen LogP contribution is -2.40. The van der Waals surface area contributed by atoms with Crippen molar-refractivity contribution < 1.29 is 9.53 Å². The minimum Gasteiger partial charge on any atom is -0.494 e. The number of para-hydroxylation sites is 1. The van der Waals surface area contributed by atoms with Gasteiger partial charge in [-0.05, 0) is 39.3 Å². The quantitative estimate of drug-likeness (QED) is 0.366. The molecular formula is C17H28N4O2. The molecule has 1 aromatic rings. The first-order valence-corrected chi connectivity index (χ1v) is 7.95. The molecule has 0 spiro atoms. The van der Waals surface area contributed by atoms with E-state index in [1.807, 2.05) is 37.3 Å². The van der Waals surface area contributed by atoms with Crippen molar-refractivity contribution in [2.45, 2.75) is 27.2 Å². The Kier molecular flexibility index (Phi) is 7.94. The summed E-state index contributed by atoms with van der Waals surface area (Å²) in [5, 5.41) is 6.37. The zero-order valence-corrected chi connectivity index (χ0v) is 14.3. The van der Waals surface area contributed by atoms with Gasteiger partial charge in [0.2, 0.25) is 5.91 Å². The molecule has 0 bridgehead atoms. The monoisotopic (exact) mass is 320 g/mol. The number of nitrogens with two attached hydrogens (primary N) is 1. The van der Waals surface area contributed by atoms with Gasteiger partial charge in [0, 0.05) is 13.1 Å². The minimum atomic E-state index is -0.654. The van der Waals surface area contributed by atoms with Crippen LogP contribution < -0.4 is 21.1 Å².